The third-order valence-electron chi connectivity index (χ3n) is 5.09. The van der Waals surface area contributed by atoms with Crippen LogP contribution in [0.25, 0.3) is 0 Å². The van der Waals surface area contributed by atoms with E-state index in [9.17, 15) is 23.2 Å². The summed E-state index contributed by atoms with van der Waals surface area (Å²) in [5.41, 5.74) is 1.71. The zero-order chi connectivity index (χ0) is 22.1. The van der Waals surface area contributed by atoms with Gasteiger partial charge in [0.1, 0.15) is 17.6 Å². The maximum absolute atomic E-state index is 11.9. The van der Waals surface area contributed by atoms with Crippen molar-refractivity contribution < 1.29 is 57.5 Å². The van der Waals surface area contributed by atoms with Crippen molar-refractivity contribution in [3.63, 3.8) is 0 Å². The fourth-order valence-electron chi connectivity index (χ4n) is 3.39. The predicted octanol–water partition coefficient (Wildman–Crippen LogP) is 1.62. The first-order valence-electron chi connectivity index (χ1n) is 10.0. The van der Waals surface area contributed by atoms with E-state index in [1.54, 1.807) is 60.7 Å². The van der Waals surface area contributed by atoms with Gasteiger partial charge in [-0.1, -0.05) is 43.3 Å². The molecule has 0 spiro atoms. The molecule has 0 aromatic heterocycles. The van der Waals surface area contributed by atoms with Gasteiger partial charge in [-0.2, -0.15) is 0 Å². The molecule has 31 heavy (non-hydrogen) atoms. The Labute approximate surface area is 207 Å². The van der Waals surface area contributed by atoms with E-state index in [0.29, 0.717) is 13.0 Å². The minimum absolute atomic E-state index is 0. The van der Waals surface area contributed by atoms with E-state index < -0.39 is 21.5 Å². The van der Waals surface area contributed by atoms with E-state index in [2.05, 4.69) is 0 Å². The molecule has 0 saturated carbocycles. The summed E-state index contributed by atoms with van der Waals surface area (Å²) in [6, 6.07) is 13.2. The van der Waals surface area contributed by atoms with E-state index in [1.165, 1.54) is 0 Å². The van der Waals surface area contributed by atoms with E-state index in [0.717, 1.165) is 11.1 Å². The van der Waals surface area contributed by atoms with Crippen LogP contribution in [0, 0.1) is 0 Å². The summed E-state index contributed by atoms with van der Waals surface area (Å²) in [5.74, 6) is 0.184. The fourth-order valence-corrected chi connectivity index (χ4v) is 4.21. The molecule has 0 radical (unpaired) electrons. The Morgan fingerprint density at radius 2 is 1.48 bits per heavy atom. The van der Waals surface area contributed by atoms with Crippen molar-refractivity contribution in [2.75, 3.05) is 6.61 Å². The van der Waals surface area contributed by atoms with Gasteiger partial charge in [-0.15, -0.1) is 0 Å². The number of aromatic hydroxyl groups is 2. The minimum Gasteiger partial charge on any atom is -0.748 e. The summed E-state index contributed by atoms with van der Waals surface area (Å²) >= 11 is 0. The van der Waals surface area contributed by atoms with Crippen LogP contribution in [0.1, 0.15) is 56.3 Å². The SMILES string of the molecule is CCOC(C=CCC(CC(CC)c1ccc(O)cc1)S(=O)(=O)[O-])c1ccc(O)cc1.[Na+]. The quantitative estimate of drug-likeness (QED) is 0.302. The summed E-state index contributed by atoms with van der Waals surface area (Å²) in [6.07, 6.45) is 3.99. The second-order valence-electron chi connectivity index (χ2n) is 7.18. The van der Waals surface area contributed by atoms with Crippen LogP contribution in [0.3, 0.4) is 0 Å². The third kappa shape index (κ3) is 8.96. The maximum atomic E-state index is 11.9. The van der Waals surface area contributed by atoms with Crippen LogP contribution >= 0.6 is 0 Å². The molecule has 0 bridgehead atoms. The first-order valence-corrected chi connectivity index (χ1v) is 11.5. The van der Waals surface area contributed by atoms with Crippen LogP contribution < -0.4 is 29.6 Å². The molecule has 0 fully saturated rings. The number of allylic oxidation sites excluding steroid dienone is 1. The Morgan fingerprint density at radius 3 is 1.94 bits per heavy atom. The average molecular weight is 457 g/mol. The van der Waals surface area contributed by atoms with Crippen molar-refractivity contribution in [1.82, 2.24) is 0 Å². The number of benzene rings is 2. The zero-order valence-corrected chi connectivity index (χ0v) is 21.1. The molecule has 164 valence electrons. The molecule has 2 aromatic rings. The number of hydrogen-bond acceptors (Lipinski definition) is 6. The topological polar surface area (TPSA) is 107 Å². The van der Waals surface area contributed by atoms with Crippen molar-refractivity contribution in [3.8, 4) is 11.5 Å². The molecule has 0 saturated heterocycles. The molecule has 2 rings (SSSR count). The van der Waals surface area contributed by atoms with E-state index in [1.807, 2.05) is 13.8 Å². The Kier molecular flexibility index (Phi) is 11.8. The van der Waals surface area contributed by atoms with Crippen LogP contribution in [-0.4, -0.2) is 35.0 Å². The van der Waals surface area contributed by atoms with Crippen molar-refractivity contribution in [2.24, 2.45) is 0 Å². The largest absolute Gasteiger partial charge is 1.00 e. The molecule has 2 aromatic carbocycles. The summed E-state index contributed by atoms with van der Waals surface area (Å²) in [4.78, 5) is 0. The van der Waals surface area contributed by atoms with E-state index in [4.69, 9.17) is 4.74 Å². The smallest absolute Gasteiger partial charge is 0.748 e. The summed E-state index contributed by atoms with van der Waals surface area (Å²) in [7, 11) is -4.49. The van der Waals surface area contributed by atoms with Gasteiger partial charge in [-0.25, -0.2) is 8.42 Å². The van der Waals surface area contributed by atoms with Crippen molar-refractivity contribution in [2.45, 2.75) is 50.4 Å². The monoisotopic (exact) mass is 456 g/mol. The van der Waals surface area contributed by atoms with Gasteiger partial charge in [-0.3, -0.25) is 0 Å². The first kappa shape index (κ1) is 27.7. The Hall–Kier alpha value is -1.35. The Balaban J connectivity index is 0.00000480. The van der Waals surface area contributed by atoms with E-state index in [-0.39, 0.29) is 59.8 Å². The molecular formula is C23H29NaO6S. The van der Waals surface area contributed by atoms with Gasteiger partial charge in [0, 0.05) is 6.61 Å². The number of phenols is 2. The minimum atomic E-state index is -4.49. The van der Waals surface area contributed by atoms with Crippen LogP contribution in [0.5, 0.6) is 11.5 Å². The van der Waals surface area contributed by atoms with Crippen LogP contribution in [0.2, 0.25) is 0 Å². The number of hydrogen-bond donors (Lipinski definition) is 2. The molecule has 2 N–H and O–H groups in total. The van der Waals surface area contributed by atoms with Gasteiger partial charge in [0.05, 0.1) is 15.4 Å². The standard InChI is InChI=1S/C23H30O6S.Na/c1-3-17(18-8-12-20(24)13-9-18)16-22(30(26,27)28)6-5-7-23(29-4-2)19-10-14-21(25)15-11-19;/h5,7-15,17,22-25H,3-4,6,16H2,1-2H3,(H,26,27,28);/q;+1/p-1. The van der Waals surface area contributed by atoms with Crippen molar-refractivity contribution in [1.29, 1.82) is 0 Å². The van der Waals surface area contributed by atoms with Crippen molar-refractivity contribution >= 4 is 10.1 Å². The number of ether oxygens (including phenoxy) is 1. The Morgan fingerprint density at radius 1 is 0.968 bits per heavy atom. The molecule has 0 aliphatic heterocycles. The van der Waals surface area contributed by atoms with Gasteiger partial charge in [0.25, 0.3) is 0 Å². The third-order valence-corrected chi connectivity index (χ3v) is 6.29. The molecule has 0 aliphatic rings. The molecule has 6 nitrogen and oxygen atoms in total. The maximum Gasteiger partial charge on any atom is 1.00 e. The van der Waals surface area contributed by atoms with Gasteiger partial charge in [-0.05, 0) is 67.5 Å². The summed E-state index contributed by atoms with van der Waals surface area (Å²) in [5, 5.41) is 17.9. The second kappa shape index (κ2) is 13.3. The van der Waals surface area contributed by atoms with Gasteiger partial charge in [0.2, 0.25) is 0 Å². The number of phenolic OH excluding ortho intramolecular Hbond substituents is 2. The van der Waals surface area contributed by atoms with E-state index >= 15 is 0 Å². The first-order chi connectivity index (χ1) is 14.2. The normalized spacial score (nSPS) is 14.7. The Bertz CT molecular complexity index is 910. The fraction of sp³-hybridized carbons (Fsp3) is 0.391. The molecule has 0 heterocycles. The second-order valence-corrected chi connectivity index (χ2v) is 8.83. The average Bonchev–Trinajstić information content (AvgIpc) is 2.70. The molecule has 3 atom stereocenters. The number of rotatable bonds is 11. The summed E-state index contributed by atoms with van der Waals surface area (Å²) in [6.45, 7) is 4.26. The van der Waals surface area contributed by atoms with Gasteiger partial charge >= 0.3 is 29.6 Å². The summed E-state index contributed by atoms with van der Waals surface area (Å²) < 4.78 is 41.4. The van der Waals surface area contributed by atoms with Gasteiger partial charge in [0.15, 0.2) is 0 Å². The van der Waals surface area contributed by atoms with Gasteiger partial charge < -0.3 is 19.5 Å². The van der Waals surface area contributed by atoms with Crippen LogP contribution in [-0.2, 0) is 14.9 Å². The molecule has 8 heteroatoms. The molecule has 0 amide bonds. The predicted molar refractivity (Wildman–Crippen MR) is 115 cm³/mol. The zero-order valence-electron chi connectivity index (χ0n) is 18.3. The molecule has 0 aliphatic carbocycles. The molecule has 3 unspecified atom stereocenters. The van der Waals surface area contributed by atoms with Crippen LogP contribution in [0.15, 0.2) is 60.7 Å². The van der Waals surface area contributed by atoms with Crippen LogP contribution in [0.4, 0.5) is 0 Å². The van der Waals surface area contributed by atoms with Crippen molar-refractivity contribution in [3.05, 3.63) is 71.8 Å². The molecular weight excluding hydrogens is 427 g/mol.